The smallest absolute Gasteiger partial charge is 0.328 e. The molecule has 0 saturated carbocycles. The number of carbonyl (C=O) groups excluding carboxylic acids is 3. The summed E-state index contributed by atoms with van der Waals surface area (Å²) in [6, 6.07) is 3.14. The summed E-state index contributed by atoms with van der Waals surface area (Å²) in [6.45, 7) is 4.73. The molecule has 0 heterocycles. The molecule has 1 aromatic rings. The van der Waals surface area contributed by atoms with E-state index in [4.69, 9.17) is 10.00 Å². The fourth-order valence-corrected chi connectivity index (χ4v) is 1.76. The van der Waals surface area contributed by atoms with E-state index in [1.54, 1.807) is 13.0 Å². The number of rotatable bonds is 6. The van der Waals surface area contributed by atoms with Crippen molar-refractivity contribution in [2.75, 3.05) is 6.61 Å². The predicted octanol–water partition coefficient (Wildman–Crippen LogP) is 0.883. The number of halogens is 1. The van der Waals surface area contributed by atoms with Gasteiger partial charge in [-0.2, -0.15) is 5.26 Å². The number of ether oxygens (including phenoxy) is 1. The summed E-state index contributed by atoms with van der Waals surface area (Å²) >= 11 is 0. The fraction of sp³-hybridized carbons (Fsp3) is 0.375. The van der Waals surface area contributed by atoms with Crippen LogP contribution in [0.25, 0.3) is 0 Å². The van der Waals surface area contributed by atoms with E-state index in [1.165, 1.54) is 19.9 Å². The third-order valence-corrected chi connectivity index (χ3v) is 3.09. The zero-order valence-electron chi connectivity index (χ0n) is 13.6. The van der Waals surface area contributed by atoms with E-state index in [1.807, 2.05) is 0 Å². The maximum absolute atomic E-state index is 13.2. The Labute approximate surface area is 138 Å². The molecule has 128 valence electrons. The van der Waals surface area contributed by atoms with Crippen molar-refractivity contribution in [3.63, 3.8) is 0 Å². The highest BCUT2D eigenvalue weighted by atomic mass is 19.1. The zero-order chi connectivity index (χ0) is 18.3. The zero-order valence-corrected chi connectivity index (χ0v) is 13.6. The van der Waals surface area contributed by atoms with Gasteiger partial charge in [0.15, 0.2) is 0 Å². The van der Waals surface area contributed by atoms with Gasteiger partial charge in [0.25, 0.3) is 5.91 Å². The van der Waals surface area contributed by atoms with Crippen LogP contribution in [0.5, 0.6) is 0 Å². The summed E-state index contributed by atoms with van der Waals surface area (Å²) in [7, 11) is 0. The van der Waals surface area contributed by atoms with Crippen molar-refractivity contribution < 1.29 is 23.5 Å². The Kier molecular flexibility index (Phi) is 6.86. The normalized spacial score (nSPS) is 12.5. The van der Waals surface area contributed by atoms with Crippen LogP contribution in [0, 0.1) is 17.1 Å². The lowest BCUT2D eigenvalue weighted by Crippen LogP contribution is -2.49. The first-order valence-electron chi connectivity index (χ1n) is 7.27. The summed E-state index contributed by atoms with van der Waals surface area (Å²) < 4.78 is 18.0. The molecule has 0 spiro atoms. The quantitative estimate of drug-likeness (QED) is 0.750. The molecular formula is C16H18FN3O4. The molecular weight excluding hydrogens is 317 g/mol. The number of esters is 1. The van der Waals surface area contributed by atoms with Crippen LogP contribution in [0.4, 0.5) is 4.39 Å². The van der Waals surface area contributed by atoms with Crippen molar-refractivity contribution in [2.45, 2.75) is 32.9 Å². The minimum Gasteiger partial charge on any atom is -0.464 e. The number of hydrogen-bond donors (Lipinski definition) is 2. The van der Waals surface area contributed by atoms with Gasteiger partial charge in [-0.25, -0.2) is 9.18 Å². The average Bonchev–Trinajstić information content (AvgIpc) is 2.55. The van der Waals surface area contributed by atoms with Gasteiger partial charge >= 0.3 is 5.97 Å². The lowest BCUT2D eigenvalue weighted by Gasteiger charge is -2.17. The van der Waals surface area contributed by atoms with E-state index >= 15 is 0 Å². The summed E-state index contributed by atoms with van der Waals surface area (Å²) in [5, 5.41) is 13.6. The molecule has 2 amide bonds. The van der Waals surface area contributed by atoms with Crippen molar-refractivity contribution >= 4 is 17.8 Å². The van der Waals surface area contributed by atoms with E-state index in [2.05, 4.69) is 10.6 Å². The van der Waals surface area contributed by atoms with Crippen molar-refractivity contribution in [3.05, 3.63) is 35.1 Å². The van der Waals surface area contributed by atoms with Crippen LogP contribution < -0.4 is 10.6 Å². The lowest BCUT2D eigenvalue weighted by molar-refractivity contribution is -0.147. The molecule has 7 nitrogen and oxygen atoms in total. The molecule has 0 aliphatic rings. The van der Waals surface area contributed by atoms with Crippen LogP contribution in [0.15, 0.2) is 18.2 Å². The Balaban J connectivity index is 2.68. The first-order chi connectivity index (χ1) is 11.3. The fourth-order valence-electron chi connectivity index (χ4n) is 1.76. The topological polar surface area (TPSA) is 108 Å². The number of hydrogen-bond acceptors (Lipinski definition) is 5. The third-order valence-electron chi connectivity index (χ3n) is 3.09. The van der Waals surface area contributed by atoms with Gasteiger partial charge in [-0.1, -0.05) is 0 Å². The molecule has 0 aromatic heterocycles. The Hall–Kier alpha value is -2.95. The minimum absolute atomic E-state index is 0.0473. The SMILES string of the molecule is CCOC(=O)[C@H](C)NC(=O)[C@@H](C)NC(=O)c1ccc(F)c(C#N)c1. The first-order valence-corrected chi connectivity index (χ1v) is 7.27. The van der Waals surface area contributed by atoms with E-state index in [-0.39, 0.29) is 17.7 Å². The molecule has 0 unspecified atom stereocenters. The number of nitrogens with zero attached hydrogens (tertiary/aromatic N) is 1. The predicted molar refractivity (Wildman–Crippen MR) is 82.3 cm³/mol. The van der Waals surface area contributed by atoms with Crippen molar-refractivity contribution in [3.8, 4) is 6.07 Å². The molecule has 2 atom stereocenters. The minimum atomic E-state index is -0.940. The average molecular weight is 335 g/mol. The van der Waals surface area contributed by atoms with Crippen LogP contribution in [0.1, 0.15) is 36.7 Å². The molecule has 24 heavy (non-hydrogen) atoms. The molecule has 1 aromatic carbocycles. The monoisotopic (exact) mass is 335 g/mol. The summed E-state index contributed by atoms with van der Waals surface area (Å²) in [4.78, 5) is 35.5. The summed E-state index contributed by atoms with van der Waals surface area (Å²) in [6.07, 6.45) is 0. The first kappa shape index (κ1) is 19.1. The van der Waals surface area contributed by atoms with Gasteiger partial charge in [0.1, 0.15) is 24.0 Å². The van der Waals surface area contributed by atoms with Gasteiger partial charge in [0.2, 0.25) is 5.91 Å². The lowest BCUT2D eigenvalue weighted by atomic mass is 10.1. The highest BCUT2D eigenvalue weighted by molar-refractivity contribution is 5.98. The maximum atomic E-state index is 13.2. The molecule has 0 radical (unpaired) electrons. The third kappa shape index (κ3) is 5.05. The van der Waals surface area contributed by atoms with Gasteiger partial charge in [0.05, 0.1) is 12.2 Å². The van der Waals surface area contributed by atoms with E-state index in [0.717, 1.165) is 12.1 Å². The van der Waals surface area contributed by atoms with Crippen LogP contribution in [-0.2, 0) is 14.3 Å². The van der Waals surface area contributed by atoms with E-state index in [0.29, 0.717) is 0 Å². The maximum Gasteiger partial charge on any atom is 0.328 e. The van der Waals surface area contributed by atoms with Gasteiger partial charge < -0.3 is 15.4 Å². The Morgan fingerprint density at radius 3 is 2.50 bits per heavy atom. The Morgan fingerprint density at radius 2 is 1.92 bits per heavy atom. The van der Waals surface area contributed by atoms with Crippen molar-refractivity contribution in [1.82, 2.24) is 10.6 Å². The highest BCUT2D eigenvalue weighted by Crippen LogP contribution is 2.09. The van der Waals surface area contributed by atoms with Crippen LogP contribution in [0.2, 0.25) is 0 Å². The molecule has 0 saturated heterocycles. The second kappa shape index (κ2) is 8.62. The van der Waals surface area contributed by atoms with Crippen LogP contribution in [0.3, 0.4) is 0 Å². The molecule has 0 aliphatic heterocycles. The number of nitriles is 1. The summed E-state index contributed by atoms with van der Waals surface area (Å²) in [5.41, 5.74) is -0.221. The highest BCUT2D eigenvalue weighted by Gasteiger charge is 2.22. The summed E-state index contributed by atoms with van der Waals surface area (Å²) in [5.74, 6) is -2.53. The van der Waals surface area contributed by atoms with Crippen LogP contribution in [-0.4, -0.2) is 36.5 Å². The van der Waals surface area contributed by atoms with E-state index < -0.39 is 35.7 Å². The molecule has 0 fully saturated rings. The Morgan fingerprint density at radius 1 is 1.25 bits per heavy atom. The van der Waals surface area contributed by atoms with Crippen molar-refractivity contribution in [2.24, 2.45) is 0 Å². The standard InChI is InChI=1S/C16H18FN3O4/c1-4-24-16(23)10(3)20-14(21)9(2)19-15(22)11-5-6-13(17)12(7-11)8-18/h5-7,9-10H,4H2,1-3H3,(H,19,22)(H,20,21)/t9-,10+/m1/s1. The van der Waals surface area contributed by atoms with Gasteiger partial charge in [0, 0.05) is 5.56 Å². The molecule has 0 aliphatic carbocycles. The van der Waals surface area contributed by atoms with Crippen LogP contribution >= 0.6 is 0 Å². The second-order valence-corrected chi connectivity index (χ2v) is 4.98. The molecule has 8 heteroatoms. The second-order valence-electron chi connectivity index (χ2n) is 4.98. The van der Waals surface area contributed by atoms with Gasteiger partial charge in [-0.05, 0) is 39.0 Å². The number of carbonyl (C=O) groups is 3. The van der Waals surface area contributed by atoms with Gasteiger partial charge in [-0.3, -0.25) is 9.59 Å². The van der Waals surface area contributed by atoms with Gasteiger partial charge in [-0.15, -0.1) is 0 Å². The van der Waals surface area contributed by atoms with Crippen molar-refractivity contribution in [1.29, 1.82) is 5.26 Å². The largest absolute Gasteiger partial charge is 0.464 e. The number of benzene rings is 1. The molecule has 2 N–H and O–H groups in total. The van der Waals surface area contributed by atoms with E-state index in [9.17, 15) is 18.8 Å². The molecule has 0 bridgehead atoms. The number of amides is 2. The molecule has 1 rings (SSSR count). The Bertz CT molecular complexity index is 684. The number of nitrogens with one attached hydrogen (secondary N) is 2.